The average Bonchev–Trinajstić information content (AvgIpc) is 1.55. The Hall–Kier alpha value is -16.0. The zero-order chi connectivity index (χ0) is 81.7. The second kappa shape index (κ2) is 30.1. The molecule has 24 rings (SSSR count). The Bertz CT molecular complexity index is 8200. The Morgan fingerprint density at radius 3 is 0.952 bits per heavy atom. The number of para-hydroxylation sites is 2. The standard InChI is InChI=1S/C114H70N8S2/c1-7-27-73(28-8-1)91-65-81(83-57-61-99(95(67-83)113-117-109(77-31-11-3-12-32-77)115-110(118-113)78-33-13-4-14-34-78)121-98-44-24-20-41-89(98)107-101(121)63-64-105-108(107)90-42-22-26-46-104(90)123-105)55-59-85(91)75-51-47-71(48-52-75)72-49-53-76(54-50-72)86-60-56-82(66-92(86)74-29-9-2-10-30-74)84-58-62-100(96(68-84)114-119-111(79-35-15-5-16-36-79)116-112(120-114)80-37-17-6-18-38-80)122-97-43-23-19-39-87(97)93-69-94-88-40-21-25-45-103(88)124-106(94)70-102(93)122/h1-70H. The van der Waals surface area contributed by atoms with Crippen LogP contribution in [0.25, 0.3) is 242 Å². The summed E-state index contributed by atoms with van der Waals surface area (Å²) in [7, 11) is 0. The Kier molecular flexibility index (Phi) is 17.5. The molecule has 8 nitrogen and oxygen atoms in total. The van der Waals surface area contributed by atoms with E-state index in [9.17, 15) is 0 Å². The van der Waals surface area contributed by atoms with Crippen LogP contribution >= 0.6 is 22.7 Å². The van der Waals surface area contributed by atoms with Crippen molar-refractivity contribution in [3.63, 3.8) is 0 Å². The second-order valence-electron chi connectivity index (χ2n) is 31.5. The zero-order valence-electron chi connectivity index (χ0n) is 66.8. The molecule has 0 N–H and O–H groups in total. The van der Waals surface area contributed by atoms with Crippen LogP contribution in [0.3, 0.4) is 0 Å². The van der Waals surface area contributed by atoms with E-state index in [0.29, 0.717) is 34.9 Å². The van der Waals surface area contributed by atoms with Gasteiger partial charge in [0.15, 0.2) is 34.9 Å². The fraction of sp³-hybridized carbons (Fsp3) is 0. The van der Waals surface area contributed by atoms with Crippen LogP contribution in [0.15, 0.2) is 425 Å². The number of fused-ring (bicyclic) bond motifs is 13. The first-order valence-corrected chi connectivity index (χ1v) is 43.4. The van der Waals surface area contributed by atoms with Crippen molar-refractivity contribution in [2.75, 3.05) is 0 Å². The van der Waals surface area contributed by atoms with E-state index in [1.54, 1.807) is 0 Å². The maximum atomic E-state index is 5.45. The summed E-state index contributed by atoms with van der Waals surface area (Å²) in [5, 5.41) is 9.85. The van der Waals surface area contributed by atoms with Crippen LogP contribution in [0.4, 0.5) is 0 Å². The lowest BCUT2D eigenvalue weighted by Crippen LogP contribution is -2.04. The lowest BCUT2D eigenvalue weighted by atomic mass is 9.89. The molecule has 10 heteroatoms. The summed E-state index contributed by atoms with van der Waals surface area (Å²) >= 11 is 3.68. The first-order valence-electron chi connectivity index (χ1n) is 41.8. The summed E-state index contributed by atoms with van der Waals surface area (Å²) in [4.78, 5) is 32.2. The van der Waals surface area contributed by atoms with E-state index < -0.39 is 0 Å². The Balaban J connectivity index is 0.598. The van der Waals surface area contributed by atoms with E-state index in [1.165, 1.54) is 61.9 Å². The topological polar surface area (TPSA) is 87.2 Å². The van der Waals surface area contributed by atoms with Crippen LogP contribution in [-0.4, -0.2) is 39.0 Å². The molecular weight excluding hydrogens is 1550 g/mol. The number of benzene rings is 18. The lowest BCUT2D eigenvalue weighted by molar-refractivity contribution is 1.06. The highest BCUT2D eigenvalue weighted by molar-refractivity contribution is 7.26. The van der Waals surface area contributed by atoms with Gasteiger partial charge in [0.2, 0.25) is 0 Å². The monoisotopic (exact) mass is 1610 g/mol. The minimum absolute atomic E-state index is 0.576. The number of hydrogen-bond acceptors (Lipinski definition) is 8. The van der Waals surface area contributed by atoms with Crippen LogP contribution in [0.2, 0.25) is 0 Å². The molecule has 6 aromatic heterocycles. The van der Waals surface area contributed by atoms with E-state index in [2.05, 4.69) is 361 Å². The minimum Gasteiger partial charge on any atom is -0.308 e. The molecule has 0 aliphatic heterocycles. The first-order chi connectivity index (χ1) is 61.4. The lowest BCUT2D eigenvalue weighted by Gasteiger charge is -2.18. The largest absolute Gasteiger partial charge is 0.308 e. The third-order valence-electron chi connectivity index (χ3n) is 24.3. The van der Waals surface area contributed by atoms with E-state index in [4.69, 9.17) is 29.9 Å². The highest BCUT2D eigenvalue weighted by Gasteiger charge is 2.27. The van der Waals surface area contributed by atoms with Crippen LogP contribution in [0.1, 0.15) is 0 Å². The molecule has 124 heavy (non-hydrogen) atoms. The molecule has 0 bridgehead atoms. The molecule has 6 heterocycles. The van der Waals surface area contributed by atoms with Gasteiger partial charge >= 0.3 is 0 Å². The Labute approximate surface area is 722 Å². The van der Waals surface area contributed by atoms with Crippen molar-refractivity contribution in [3.8, 4) is 158 Å². The molecule has 0 spiro atoms. The van der Waals surface area contributed by atoms with Gasteiger partial charge < -0.3 is 9.13 Å². The van der Waals surface area contributed by atoms with Crippen LogP contribution in [-0.2, 0) is 0 Å². The molecule has 0 fully saturated rings. The fourth-order valence-corrected chi connectivity index (χ4v) is 20.6. The van der Waals surface area contributed by atoms with Crippen LogP contribution < -0.4 is 0 Å². The summed E-state index contributed by atoms with van der Waals surface area (Å²) in [5.74, 6) is 3.55. The molecule has 578 valence electrons. The Morgan fingerprint density at radius 2 is 0.484 bits per heavy atom. The Morgan fingerprint density at radius 1 is 0.153 bits per heavy atom. The van der Waals surface area contributed by atoms with Gasteiger partial charge in [-0.3, -0.25) is 0 Å². The molecule has 0 saturated heterocycles. The molecular formula is C114H70N8S2. The second-order valence-corrected chi connectivity index (χ2v) is 33.7. The summed E-state index contributed by atoms with van der Waals surface area (Å²) in [6, 6.07) is 153. The van der Waals surface area contributed by atoms with Gasteiger partial charge in [-0.1, -0.05) is 340 Å². The van der Waals surface area contributed by atoms with Crippen molar-refractivity contribution < 1.29 is 0 Å². The van der Waals surface area contributed by atoms with Gasteiger partial charge in [0, 0.05) is 95.3 Å². The fourth-order valence-electron chi connectivity index (χ4n) is 18.4. The predicted octanol–water partition coefficient (Wildman–Crippen LogP) is 30.7. The van der Waals surface area contributed by atoms with Crippen molar-refractivity contribution in [3.05, 3.63) is 425 Å². The van der Waals surface area contributed by atoms with E-state index in [0.717, 1.165) is 145 Å². The molecule has 0 amide bonds. The maximum Gasteiger partial charge on any atom is 0.166 e. The third-order valence-corrected chi connectivity index (χ3v) is 26.6. The van der Waals surface area contributed by atoms with Crippen molar-refractivity contribution in [1.82, 2.24) is 39.0 Å². The highest BCUT2D eigenvalue weighted by atomic mass is 32.1. The normalized spacial score (nSPS) is 11.7. The first kappa shape index (κ1) is 72.1. The molecule has 0 radical (unpaired) electrons. The van der Waals surface area contributed by atoms with Gasteiger partial charge in [-0.2, -0.15) is 0 Å². The SMILES string of the molecule is c1ccc(-c2nc(-c3ccccc3)nc(-c3cc(-c4ccc(-c5ccc(-c6ccc(-c7ccc(-c8ccc(-n9c%10ccccc%10c%10c%11c(ccc%109)sc9ccccc9%11)c(-c9nc(-c%10ccccc%10)nc(-c%10ccccc%10)n9)c8)cc7-c7ccccc7)cc6)cc5)c(-c5ccccc5)c4)ccc3-n3c4ccccc4c4cc5c(cc43)sc3ccccc35)n2)cc1. The number of rotatable bonds is 15. The maximum absolute atomic E-state index is 5.45. The van der Waals surface area contributed by atoms with Crippen molar-refractivity contribution in [1.29, 1.82) is 0 Å². The summed E-state index contributed by atoms with van der Waals surface area (Å²) < 4.78 is 9.89. The predicted molar refractivity (Wildman–Crippen MR) is 518 cm³/mol. The molecule has 18 aromatic carbocycles. The van der Waals surface area contributed by atoms with Gasteiger partial charge in [-0.15, -0.1) is 22.7 Å². The summed E-state index contributed by atoms with van der Waals surface area (Å²) in [6.45, 7) is 0. The highest BCUT2D eigenvalue weighted by Crippen LogP contribution is 2.49. The van der Waals surface area contributed by atoms with Crippen molar-refractivity contribution in [2.24, 2.45) is 0 Å². The van der Waals surface area contributed by atoms with E-state index in [-0.39, 0.29) is 0 Å². The van der Waals surface area contributed by atoms with Gasteiger partial charge in [0.25, 0.3) is 0 Å². The summed E-state index contributed by atoms with van der Waals surface area (Å²) in [6.07, 6.45) is 0. The van der Waals surface area contributed by atoms with Crippen LogP contribution in [0.5, 0.6) is 0 Å². The zero-order valence-corrected chi connectivity index (χ0v) is 68.4. The van der Waals surface area contributed by atoms with Crippen molar-refractivity contribution >= 4 is 107 Å². The van der Waals surface area contributed by atoms with Gasteiger partial charge in [0.05, 0.1) is 33.4 Å². The number of nitrogens with zero attached hydrogens (tertiary/aromatic N) is 8. The third kappa shape index (κ3) is 12.6. The molecule has 0 atom stereocenters. The quantitative estimate of drug-likeness (QED) is 0.102. The summed E-state index contributed by atoms with van der Waals surface area (Å²) in [5.41, 5.74) is 27.2. The van der Waals surface area contributed by atoms with Gasteiger partial charge in [-0.05, 0) is 163 Å². The molecule has 24 aromatic rings. The van der Waals surface area contributed by atoms with Gasteiger partial charge in [0.1, 0.15) is 0 Å². The average molecular weight is 1620 g/mol. The van der Waals surface area contributed by atoms with E-state index >= 15 is 0 Å². The molecule has 0 aliphatic rings. The van der Waals surface area contributed by atoms with Crippen molar-refractivity contribution in [2.45, 2.75) is 0 Å². The minimum atomic E-state index is 0.576. The number of hydrogen-bond donors (Lipinski definition) is 0. The molecule has 0 unspecified atom stereocenters. The molecule has 0 saturated carbocycles. The number of thiophene rings is 2. The number of aromatic nitrogens is 8. The molecule has 0 aliphatic carbocycles. The van der Waals surface area contributed by atoms with Gasteiger partial charge in [-0.25, -0.2) is 29.9 Å². The van der Waals surface area contributed by atoms with Crippen LogP contribution in [0, 0.1) is 0 Å². The van der Waals surface area contributed by atoms with E-state index in [1.807, 2.05) is 95.5 Å². The smallest absolute Gasteiger partial charge is 0.166 e.